The second-order valence-electron chi connectivity index (χ2n) is 6.02. The first kappa shape index (κ1) is 15.6. The summed E-state index contributed by atoms with van der Waals surface area (Å²) in [6.07, 6.45) is 3.45. The second kappa shape index (κ2) is 6.57. The minimum Gasteiger partial charge on any atom is -0.486 e. The van der Waals surface area contributed by atoms with Crippen molar-refractivity contribution in [1.82, 2.24) is 15.0 Å². The van der Waals surface area contributed by atoms with Crippen molar-refractivity contribution in [2.24, 2.45) is 0 Å². The molecule has 6 nitrogen and oxygen atoms in total. The van der Waals surface area contributed by atoms with Gasteiger partial charge < -0.3 is 14.2 Å². The molecule has 2 aromatic heterocycles. The molecule has 6 heteroatoms. The van der Waals surface area contributed by atoms with Crippen LogP contribution in [0.3, 0.4) is 0 Å². The Morgan fingerprint density at radius 2 is 1.74 bits per heavy atom. The highest BCUT2D eigenvalue weighted by molar-refractivity contribution is 5.85. The average molecular weight is 357 g/mol. The normalized spacial score (nSPS) is 12.7. The molecular formula is C21H15N3O3. The Balaban J connectivity index is 1.59. The van der Waals surface area contributed by atoms with Crippen molar-refractivity contribution in [3.05, 3.63) is 67.0 Å². The Labute approximate surface area is 155 Å². The SMILES string of the molecule is c1cncc(-c2nc(Oc3ccc4c(c3)OCCO4)c3ccccc3n2)c1. The van der Waals surface area contributed by atoms with E-state index in [2.05, 4.69) is 15.0 Å². The number of aromatic nitrogens is 3. The van der Waals surface area contributed by atoms with Gasteiger partial charge in [-0.15, -0.1) is 0 Å². The van der Waals surface area contributed by atoms with Gasteiger partial charge in [0, 0.05) is 24.0 Å². The summed E-state index contributed by atoms with van der Waals surface area (Å²) in [4.78, 5) is 13.4. The van der Waals surface area contributed by atoms with Gasteiger partial charge in [-0.25, -0.2) is 4.98 Å². The van der Waals surface area contributed by atoms with E-state index in [1.54, 1.807) is 12.4 Å². The minimum absolute atomic E-state index is 0.483. The minimum atomic E-state index is 0.483. The van der Waals surface area contributed by atoms with E-state index in [1.807, 2.05) is 54.6 Å². The fourth-order valence-electron chi connectivity index (χ4n) is 2.95. The molecule has 0 unspecified atom stereocenters. The molecule has 0 spiro atoms. The van der Waals surface area contributed by atoms with Crippen LogP contribution in [0.4, 0.5) is 0 Å². The predicted octanol–water partition coefficient (Wildman–Crippen LogP) is 4.26. The molecular weight excluding hydrogens is 342 g/mol. The number of hydrogen-bond donors (Lipinski definition) is 0. The molecule has 27 heavy (non-hydrogen) atoms. The Morgan fingerprint density at radius 1 is 0.852 bits per heavy atom. The highest BCUT2D eigenvalue weighted by Gasteiger charge is 2.15. The van der Waals surface area contributed by atoms with Crippen molar-refractivity contribution >= 4 is 10.9 Å². The summed E-state index contributed by atoms with van der Waals surface area (Å²) < 4.78 is 17.3. The van der Waals surface area contributed by atoms with Crippen LogP contribution in [-0.2, 0) is 0 Å². The van der Waals surface area contributed by atoms with Gasteiger partial charge in [-0.1, -0.05) is 12.1 Å². The largest absolute Gasteiger partial charge is 0.486 e. The van der Waals surface area contributed by atoms with E-state index in [4.69, 9.17) is 14.2 Å². The third-order valence-corrected chi connectivity index (χ3v) is 4.22. The molecule has 0 aliphatic carbocycles. The molecule has 2 aromatic carbocycles. The van der Waals surface area contributed by atoms with Crippen LogP contribution in [0.1, 0.15) is 0 Å². The van der Waals surface area contributed by atoms with Gasteiger partial charge in [0.15, 0.2) is 17.3 Å². The van der Waals surface area contributed by atoms with Crippen molar-refractivity contribution in [3.63, 3.8) is 0 Å². The smallest absolute Gasteiger partial charge is 0.230 e. The Morgan fingerprint density at radius 3 is 2.63 bits per heavy atom. The lowest BCUT2D eigenvalue weighted by Gasteiger charge is -2.19. The predicted molar refractivity (Wildman–Crippen MR) is 100 cm³/mol. The summed E-state index contributed by atoms with van der Waals surface area (Å²) in [6.45, 7) is 1.08. The van der Waals surface area contributed by atoms with Crippen LogP contribution in [0, 0.1) is 0 Å². The first-order valence-electron chi connectivity index (χ1n) is 8.61. The van der Waals surface area contributed by atoms with Crippen LogP contribution in [0.5, 0.6) is 23.1 Å². The zero-order valence-corrected chi connectivity index (χ0v) is 14.3. The average Bonchev–Trinajstić information content (AvgIpc) is 2.74. The molecule has 1 aliphatic rings. The molecule has 3 heterocycles. The van der Waals surface area contributed by atoms with Gasteiger partial charge in [0.25, 0.3) is 0 Å². The van der Waals surface area contributed by atoms with Crippen molar-refractivity contribution in [1.29, 1.82) is 0 Å². The molecule has 4 aromatic rings. The second-order valence-corrected chi connectivity index (χ2v) is 6.02. The maximum atomic E-state index is 6.11. The number of hydrogen-bond acceptors (Lipinski definition) is 6. The number of benzene rings is 2. The van der Waals surface area contributed by atoms with Gasteiger partial charge in [-0.05, 0) is 36.4 Å². The maximum Gasteiger partial charge on any atom is 0.230 e. The molecule has 132 valence electrons. The molecule has 5 rings (SSSR count). The van der Waals surface area contributed by atoms with Crippen LogP contribution in [0.15, 0.2) is 67.0 Å². The lowest BCUT2D eigenvalue weighted by molar-refractivity contribution is 0.171. The molecule has 0 amide bonds. The monoisotopic (exact) mass is 357 g/mol. The van der Waals surface area contributed by atoms with E-state index >= 15 is 0 Å². The lowest BCUT2D eigenvalue weighted by atomic mass is 10.2. The van der Waals surface area contributed by atoms with Crippen molar-refractivity contribution < 1.29 is 14.2 Å². The molecule has 0 N–H and O–H groups in total. The summed E-state index contributed by atoms with van der Waals surface area (Å²) in [5, 5.41) is 0.833. The maximum absolute atomic E-state index is 6.11. The Bertz CT molecular complexity index is 1120. The Kier molecular flexibility index (Phi) is 3.79. The number of fused-ring (bicyclic) bond motifs is 2. The van der Waals surface area contributed by atoms with Crippen molar-refractivity contribution in [3.8, 4) is 34.5 Å². The number of ether oxygens (including phenoxy) is 3. The fraction of sp³-hybridized carbons (Fsp3) is 0.0952. The van der Waals surface area contributed by atoms with Gasteiger partial charge in [-0.2, -0.15) is 4.98 Å². The molecule has 0 saturated carbocycles. The standard InChI is InChI=1S/C21H15N3O3/c1-2-6-17-16(5-1)21(24-20(23-17)14-4-3-9-22-13-14)27-15-7-8-18-19(12-15)26-11-10-25-18/h1-9,12-13H,10-11H2. The number of nitrogens with zero attached hydrogens (tertiary/aromatic N) is 3. The third kappa shape index (κ3) is 3.01. The topological polar surface area (TPSA) is 66.4 Å². The van der Waals surface area contributed by atoms with Gasteiger partial charge in [0.1, 0.15) is 19.0 Å². The quantitative estimate of drug-likeness (QED) is 0.546. The summed E-state index contributed by atoms with van der Waals surface area (Å²) in [5.41, 5.74) is 1.63. The highest BCUT2D eigenvalue weighted by Crippen LogP contribution is 2.36. The van der Waals surface area contributed by atoms with Gasteiger partial charge >= 0.3 is 0 Å². The van der Waals surface area contributed by atoms with Crippen molar-refractivity contribution in [2.45, 2.75) is 0 Å². The van der Waals surface area contributed by atoms with E-state index in [-0.39, 0.29) is 0 Å². The number of pyridine rings is 1. The molecule has 0 saturated heterocycles. The van der Waals surface area contributed by atoms with Crippen LogP contribution >= 0.6 is 0 Å². The van der Waals surface area contributed by atoms with Gasteiger partial charge in [0.05, 0.1) is 10.9 Å². The fourth-order valence-corrected chi connectivity index (χ4v) is 2.95. The zero-order chi connectivity index (χ0) is 18.1. The number of rotatable bonds is 3. The van der Waals surface area contributed by atoms with Crippen LogP contribution in [0.25, 0.3) is 22.3 Å². The summed E-state index contributed by atoms with van der Waals surface area (Å²) in [6, 6.07) is 17.0. The van der Waals surface area contributed by atoms with Gasteiger partial charge in [0.2, 0.25) is 5.88 Å². The first-order chi connectivity index (χ1) is 13.4. The molecule has 0 radical (unpaired) electrons. The van der Waals surface area contributed by atoms with Crippen LogP contribution in [-0.4, -0.2) is 28.2 Å². The number of para-hydroxylation sites is 1. The van der Waals surface area contributed by atoms with Gasteiger partial charge in [-0.3, -0.25) is 4.98 Å². The first-order valence-corrected chi connectivity index (χ1v) is 8.61. The van der Waals surface area contributed by atoms with Crippen molar-refractivity contribution in [2.75, 3.05) is 13.2 Å². The summed E-state index contributed by atoms with van der Waals surface area (Å²) in [7, 11) is 0. The zero-order valence-electron chi connectivity index (χ0n) is 14.3. The van der Waals surface area contributed by atoms with Crippen LogP contribution < -0.4 is 14.2 Å². The third-order valence-electron chi connectivity index (χ3n) is 4.22. The molecule has 1 aliphatic heterocycles. The van der Waals surface area contributed by atoms with E-state index in [9.17, 15) is 0 Å². The molecule has 0 bridgehead atoms. The highest BCUT2D eigenvalue weighted by atomic mass is 16.6. The van der Waals surface area contributed by atoms with E-state index in [0.717, 1.165) is 22.2 Å². The Hall–Kier alpha value is -3.67. The lowest BCUT2D eigenvalue weighted by Crippen LogP contribution is -2.15. The van der Waals surface area contributed by atoms with E-state index in [0.29, 0.717) is 36.4 Å². The van der Waals surface area contributed by atoms with E-state index in [1.165, 1.54) is 0 Å². The summed E-state index contributed by atoms with van der Waals surface area (Å²) in [5.74, 6) is 3.06. The molecule has 0 atom stereocenters. The van der Waals surface area contributed by atoms with E-state index < -0.39 is 0 Å². The van der Waals surface area contributed by atoms with Crippen LogP contribution in [0.2, 0.25) is 0 Å². The summed E-state index contributed by atoms with van der Waals surface area (Å²) >= 11 is 0. The molecule has 0 fully saturated rings.